The number of nitrogens with one attached hydrogen (secondary N) is 2. The molecule has 0 saturated heterocycles. The van der Waals surface area contributed by atoms with Crippen molar-refractivity contribution in [3.8, 4) is 0 Å². The first-order valence-electron chi connectivity index (χ1n) is 6.86. The molecule has 6 nitrogen and oxygen atoms in total. The molecule has 19 heavy (non-hydrogen) atoms. The first-order valence-corrected chi connectivity index (χ1v) is 6.86. The van der Waals surface area contributed by atoms with Crippen molar-refractivity contribution in [2.45, 2.75) is 44.1 Å². The lowest BCUT2D eigenvalue weighted by Gasteiger charge is -2.37. The topological polar surface area (TPSA) is 81.7 Å². The second kappa shape index (κ2) is 7.33. The van der Waals surface area contributed by atoms with Gasteiger partial charge in [-0.1, -0.05) is 19.3 Å². The molecule has 1 fully saturated rings. The van der Waals surface area contributed by atoms with Gasteiger partial charge < -0.3 is 20.6 Å². The average Bonchev–Trinajstić information content (AvgIpc) is 2.27. The van der Waals surface area contributed by atoms with Crippen molar-refractivity contribution in [2.75, 3.05) is 27.2 Å². The second-order valence-electron chi connectivity index (χ2n) is 5.60. The fourth-order valence-corrected chi connectivity index (χ4v) is 2.54. The molecule has 1 saturated carbocycles. The molecular formula is C13H25N3O3. The van der Waals surface area contributed by atoms with Crippen molar-refractivity contribution in [2.24, 2.45) is 0 Å². The van der Waals surface area contributed by atoms with E-state index in [9.17, 15) is 9.59 Å². The number of urea groups is 1. The lowest BCUT2D eigenvalue weighted by Crippen LogP contribution is -2.54. The Labute approximate surface area is 114 Å². The molecule has 0 unspecified atom stereocenters. The molecule has 3 N–H and O–H groups in total. The molecule has 6 heteroatoms. The van der Waals surface area contributed by atoms with E-state index in [4.69, 9.17) is 5.11 Å². The number of hydrogen-bond donors (Lipinski definition) is 3. The molecule has 0 atom stereocenters. The van der Waals surface area contributed by atoms with E-state index in [1.807, 2.05) is 19.0 Å². The van der Waals surface area contributed by atoms with E-state index in [-0.39, 0.29) is 12.5 Å². The zero-order valence-corrected chi connectivity index (χ0v) is 11.9. The summed E-state index contributed by atoms with van der Waals surface area (Å²) in [5, 5.41) is 14.7. The van der Waals surface area contributed by atoms with Crippen molar-refractivity contribution in [3.05, 3.63) is 0 Å². The summed E-state index contributed by atoms with van der Waals surface area (Å²) in [7, 11) is 3.87. The number of rotatable bonds is 6. The summed E-state index contributed by atoms with van der Waals surface area (Å²) in [5.74, 6) is -0.851. The van der Waals surface area contributed by atoms with Crippen LogP contribution < -0.4 is 10.6 Å². The highest BCUT2D eigenvalue weighted by Gasteiger charge is 2.35. The van der Waals surface area contributed by atoms with Crippen LogP contribution in [0.1, 0.15) is 38.5 Å². The summed E-state index contributed by atoms with van der Waals surface area (Å²) in [6, 6.07) is -0.259. The number of amides is 2. The van der Waals surface area contributed by atoms with E-state index in [0.29, 0.717) is 6.54 Å². The van der Waals surface area contributed by atoms with Crippen molar-refractivity contribution in [1.29, 1.82) is 0 Å². The predicted molar refractivity (Wildman–Crippen MR) is 73.2 cm³/mol. The molecule has 0 heterocycles. The van der Waals surface area contributed by atoms with Gasteiger partial charge in [0.05, 0.1) is 12.0 Å². The first kappa shape index (κ1) is 15.8. The molecular weight excluding hydrogens is 246 g/mol. The Morgan fingerprint density at radius 2 is 1.84 bits per heavy atom. The zero-order chi connectivity index (χ0) is 14.3. The van der Waals surface area contributed by atoms with Gasteiger partial charge in [0, 0.05) is 13.1 Å². The van der Waals surface area contributed by atoms with Crippen LogP contribution in [0.3, 0.4) is 0 Å². The highest BCUT2D eigenvalue weighted by atomic mass is 16.4. The van der Waals surface area contributed by atoms with Gasteiger partial charge in [0.1, 0.15) is 0 Å². The number of carbonyl (C=O) groups is 2. The summed E-state index contributed by atoms with van der Waals surface area (Å²) >= 11 is 0. The summed E-state index contributed by atoms with van der Waals surface area (Å²) in [6.07, 6.45) is 4.58. The number of aliphatic carboxylic acids is 1. The molecule has 0 radical (unpaired) electrons. The number of carbonyl (C=O) groups excluding carboxylic acids is 1. The third-order valence-electron chi connectivity index (χ3n) is 3.52. The monoisotopic (exact) mass is 271 g/mol. The van der Waals surface area contributed by atoms with Crippen LogP contribution in [-0.2, 0) is 4.79 Å². The number of hydrogen-bond acceptors (Lipinski definition) is 3. The van der Waals surface area contributed by atoms with Crippen molar-refractivity contribution < 1.29 is 14.7 Å². The Morgan fingerprint density at radius 1 is 1.21 bits per heavy atom. The van der Waals surface area contributed by atoms with E-state index in [2.05, 4.69) is 10.6 Å². The third-order valence-corrected chi connectivity index (χ3v) is 3.52. The van der Waals surface area contributed by atoms with Gasteiger partial charge in [0.2, 0.25) is 0 Å². The van der Waals surface area contributed by atoms with Crippen LogP contribution in [-0.4, -0.2) is 54.7 Å². The Kier molecular flexibility index (Phi) is 6.08. The summed E-state index contributed by atoms with van der Waals surface area (Å²) in [4.78, 5) is 24.8. The molecule has 110 valence electrons. The number of carboxylic acid groups (broad SMARTS) is 1. The molecule has 1 rings (SSSR count). The average molecular weight is 271 g/mol. The van der Waals surface area contributed by atoms with Crippen LogP contribution in [0, 0.1) is 0 Å². The molecule has 1 aliphatic carbocycles. The maximum absolute atomic E-state index is 11.8. The number of nitrogens with zero attached hydrogens (tertiary/aromatic N) is 1. The van der Waals surface area contributed by atoms with Crippen molar-refractivity contribution in [1.82, 2.24) is 15.5 Å². The molecule has 0 aromatic heterocycles. The summed E-state index contributed by atoms with van der Waals surface area (Å²) in [6.45, 7) is 1.32. The van der Waals surface area contributed by atoms with Gasteiger partial charge in [-0.2, -0.15) is 0 Å². The minimum absolute atomic E-state index is 0.00804. The Bertz CT molecular complexity index is 312. The Balaban J connectivity index is 2.47. The van der Waals surface area contributed by atoms with Gasteiger partial charge in [-0.3, -0.25) is 4.79 Å². The van der Waals surface area contributed by atoms with Gasteiger partial charge in [-0.15, -0.1) is 0 Å². The van der Waals surface area contributed by atoms with E-state index < -0.39 is 11.5 Å². The molecule has 0 aliphatic heterocycles. The highest BCUT2D eigenvalue weighted by Crippen LogP contribution is 2.31. The van der Waals surface area contributed by atoms with Crippen LogP contribution in [0.15, 0.2) is 0 Å². The van der Waals surface area contributed by atoms with Crippen LogP contribution in [0.5, 0.6) is 0 Å². The molecule has 0 aromatic rings. The van der Waals surface area contributed by atoms with Gasteiger partial charge in [0.15, 0.2) is 0 Å². The predicted octanol–water partition coefficient (Wildman–Crippen LogP) is 1.02. The standard InChI is InChI=1S/C13H25N3O3/c1-16(2)9-8-14-12(19)15-13(10-11(17)18)6-4-3-5-7-13/h3-10H2,1-2H3,(H,17,18)(H2,14,15,19). The molecule has 0 bridgehead atoms. The van der Waals surface area contributed by atoms with Gasteiger partial charge >= 0.3 is 12.0 Å². The SMILES string of the molecule is CN(C)CCNC(=O)NC1(CC(=O)O)CCCCC1. The third kappa shape index (κ3) is 5.92. The minimum atomic E-state index is -0.851. The molecule has 0 aromatic carbocycles. The minimum Gasteiger partial charge on any atom is -0.481 e. The lowest BCUT2D eigenvalue weighted by molar-refractivity contribution is -0.139. The van der Waals surface area contributed by atoms with E-state index in [1.54, 1.807) is 0 Å². The Hall–Kier alpha value is -1.30. The van der Waals surface area contributed by atoms with E-state index in [1.165, 1.54) is 0 Å². The zero-order valence-electron chi connectivity index (χ0n) is 11.9. The van der Waals surface area contributed by atoms with Crippen LogP contribution in [0.25, 0.3) is 0 Å². The smallest absolute Gasteiger partial charge is 0.315 e. The number of likely N-dealkylation sites (N-methyl/N-ethyl adjacent to an activating group) is 1. The van der Waals surface area contributed by atoms with E-state index in [0.717, 1.165) is 38.6 Å². The molecule has 2 amide bonds. The van der Waals surface area contributed by atoms with Gasteiger partial charge in [0.25, 0.3) is 0 Å². The normalized spacial score (nSPS) is 18.1. The largest absolute Gasteiger partial charge is 0.481 e. The fraction of sp³-hybridized carbons (Fsp3) is 0.846. The maximum Gasteiger partial charge on any atom is 0.315 e. The lowest BCUT2D eigenvalue weighted by atomic mass is 9.79. The second-order valence-corrected chi connectivity index (χ2v) is 5.60. The number of carboxylic acids is 1. The van der Waals surface area contributed by atoms with Gasteiger partial charge in [-0.05, 0) is 26.9 Å². The van der Waals surface area contributed by atoms with Crippen molar-refractivity contribution >= 4 is 12.0 Å². The molecule has 1 aliphatic rings. The Morgan fingerprint density at radius 3 is 2.37 bits per heavy atom. The van der Waals surface area contributed by atoms with Crippen LogP contribution in [0.2, 0.25) is 0 Å². The first-order chi connectivity index (χ1) is 8.93. The highest BCUT2D eigenvalue weighted by molar-refractivity contribution is 5.76. The summed E-state index contributed by atoms with van der Waals surface area (Å²) in [5.41, 5.74) is -0.563. The maximum atomic E-state index is 11.8. The van der Waals surface area contributed by atoms with Crippen molar-refractivity contribution in [3.63, 3.8) is 0 Å². The summed E-state index contributed by atoms with van der Waals surface area (Å²) < 4.78 is 0. The van der Waals surface area contributed by atoms with Crippen LogP contribution >= 0.6 is 0 Å². The molecule has 0 spiro atoms. The van der Waals surface area contributed by atoms with Crippen LogP contribution in [0.4, 0.5) is 4.79 Å². The fourth-order valence-electron chi connectivity index (χ4n) is 2.54. The van der Waals surface area contributed by atoms with E-state index >= 15 is 0 Å². The quantitative estimate of drug-likeness (QED) is 0.674. The van der Waals surface area contributed by atoms with Gasteiger partial charge in [-0.25, -0.2) is 4.79 Å².